The first kappa shape index (κ1) is 14.0. The summed E-state index contributed by atoms with van der Waals surface area (Å²) in [5, 5.41) is 0. The SMILES string of the molecule is [CH]1CCN(CCCCCSc2ccccc2)CC1. The third-order valence-electron chi connectivity index (χ3n) is 3.43. The van der Waals surface area contributed by atoms with Gasteiger partial charge in [0.05, 0.1) is 0 Å². The molecule has 1 heterocycles. The minimum atomic E-state index is 1.26. The molecule has 0 aliphatic carbocycles. The van der Waals surface area contributed by atoms with Crippen molar-refractivity contribution in [2.24, 2.45) is 0 Å². The summed E-state index contributed by atoms with van der Waals surface area (Å²) in [6.45, 7) is 3.89. The number of hydrogen-bond donors (Lipinski definition) is 0. The second-order valence-corrected chi connectivity index (χ2v) is 6.10. The fourth-order valence-corrected chi connectivity index (χ4v) is 3.28. The number of nitrogens with zero attached hydrogens (tertiary/aromatic N) is 1. The first-order chi connectivity index (χ1) is 8.95. The fourth-order valence-electron chi connectivity index (χ4n) is 2.35. The monoisotopic (exact) mass is 262 g/mol. The van der Waals surface area contributed by atoms with E-state index < -0.39 is 0 Å². The van der Waals surface area contributed by atoms with E-state index in [-0.39, 0.29) is 0 Å². The second-order valence-electron chi connectivity index (χ2n) is 4.93. The van der Waals surface area contributed by atoms with Gasteiger partial charge in [0.2, 0.25) is 0 Å². The highest BCUT2D eigenvalue weighted by Gasteiger charge is 2.08. The van der Waals surface area contributed by atoms with Gasteiger partial charge in [0.15, 0.2) is 0 Å². The van der Waals surface area contributed by atoms with E-state index in [0.29, 0.717) is 0 Å². The summed E-state index contributed by atoms with van der Waals surface area (Å²) in [4.78, 5) is 4.02. The summed E-state index contributed by atoms with van der Waals surface area (Å²) in [7, 11) is 0. The molecule has 18 heavy (non-hydrogen) atoms. The maximum absolute atomic E-state index is 2.62. The van der Waals surface area contributed by atoms with Crippen LogP contribution in [0.3, 0.4) is 0 Å². The van der Waals surface area contributed by atoms with Crippen molar-refractivity contribution >= 4 is 11.8 Å². The minimum absolute atomic E-state index is 1.26. The maximum atomic E-state index is 2.62. The lowest BCUT2D eigenvalue weighted by atomic mass is 10.1. The summed E-state index contributed by atoms with van der Waals surface area (Å²) in [5.41, 5.74) is 0. The lowest BCUT2D eigenvalue weighted by Crippen LogP contribution is -2.30. The van der Waals surface area contributed by atoms with Crippen LogP contribution in [0.2, 0.25) is 0 Å². The molecule has 1 aromatic carbocycles. The molecule has 99 valence electrons. The Morgan fingerprint density at radius 2 is 1.72 bits per heavy atom. The van der Waals surface area contributed by atoms with E-state index in [9.17, 15) is 0 Å². The van der Waals surface area contributed by atoms with E-state index in [4.69, 9.17) is 0 Å². The molecule has 0 amide bonds. The van der Waals surface area contributed by atoms with Crippen LogP contribution in [0.1, 0.15) is 32.1 Å². The van der Waals surface area contributed by atoms with Gasteiger partial charge in [-0.2, -0.15) is 0 Å². The van der Waals surface area contributed by atoms with Gasteiger partial charge in [-0.05, 0) is 69.6 Å². The number of likely N-dealkylation sites (tertiary alicyclic amines) is 1. The van der Waals surface area contributed by atoms with E-state index in [1.165, 1.54) is 62.4 Å². The van der Waals surface area contributed by atoms with Crippen molar-refractivity contribution in [3.05, 3.63) is 36.8 Å². The lowest BCUT2D eigenvalue weighted by Gasteiger charge is -2.26. The van der Waals surface area contributed by atoms with Gasteiger partial charge in [0.25, 0.3) is 0 Å². The van der Waals surface area contributed by atoms with E-state index in [1.54, 1.807) is 0 Å². The predicted octanol–water partition coefficient (Wildman–Crippen LogP) is 4.25. The van der Waals surface area contributed by atoms with Crippen LogP contribution in [0.5, 0.6) is 0 Å². The minimum Gasteiger partial charge on any atom is -0.303 e. The van der Waals surface area contributed by atoms with Crippen molar-refractivity contribution in [3.63, 3.8) is 0 Å². The Labute approximate surface area is 116 Å². The molecule has 0 unspecified atom stereocenters. The maximum Gasteiger partial charge on any atom is 0.00719 e. The van der Waals surface area contributed by atoms with Crippen molar-refractivity contribution in [2.45, 2.75) is 37.0 Å². The molecule has 1 radical (unpaired) electrons. The van der Waals surface area contributed by atoms with Crippen molar-refractivity contribution in [1.82, 2.24) is 4.90 Å². The molecule has 1 aromatic rings. The summed E-state index contributed by atoms with van der Waals surface area (Å²) >= 11 is 1.99. The average Bonchev–Trinajstić information content (AvgIpc) is 2.45. The molecular formula is C16H24NS. The molecule has 1 nitrogen and oxygen atoms in total. The van der Waals surface area contributed by atoms with Crippen molar-refractivity contribution in [2.75, 3.05) is 25.4 Å². The zero-order valence-electron chi connectivity index (χ0n) is 11.2. The Balaban J connectivity index is 1.46. The predicted molar refractivity (Wildman–Crippen MR) is 81.0 cm³/mol. The number of benzene rings is 1. The van der Waals surface area contributed by atoms with Crippen molar-refractivity contribution in [3.8, 4) is 0 Å². The third-order valence-corrected chi connectivity index (χ3v) is 4.53. The van der Waals surface area contributed by atoms with Gasteiger partial charge < -0.3 is 4.90 Å². The van der Waals surface area contributed by atoms with Crippen LogP contribution in [0, 0.1) is 6.42 Å². The van der Waals surface area contributed by atoms with E-state index in [0.717, 1.165) is 0 Å². The van der Waals surface area contributed by atoms with Crippen molar-refractivity contribution < 1.29 is 0 Å². The molecule has 1 fully saturated rings. The van der Waals surface area contributed by atoms with Crippen LogP contribution >= 0.6 is 11.8 Å². The summed E-state index contributed by atoms with van der Waals surface area (Å²) < 4.78 is 0. The lowest BCUT2D eigenvalue weighted by molar-refractivity contribution is 0.249. The molecule has 1 aliphatic heterocycles. The highest BCUT2D eigenvalue weighted by molar-refractivity contribution is 7.99. The van der Waals surface area contributed by atoms with Gasteiger partial charge in [-0.3, -0.25) is 0 Å². The van der Waals surface area contributed by atoms with Crippen LogP contribution in [-0.4, -0.2) is 30.3 Å². The van der Waals surface area contributed by atoms with E-state index in [2.05, 4.69) is 41.7 Å². The van der Waals surface area contributed by atoms with Gasteiger partial charge in [0, 0.05) is 4.90 Å². The fraction of sp³-hybridized carbons (Fsp3) is 0.562. The van der Waals surface area contributed by atoms with E-state index >= 15 is 0 Å². The summed E-state index contributed by atoms with van der Waals surface area (Å²) in [6.07, 6.45) is 9.11. The van der Waals surface area contributed by atoms with Gasteiger partial charge in [-0.1, -0.05) is 24.6 Å². The highest BCUT2D eigenvalue weighted by Crippen LogP contribution is 2.19. The molecule has 0 aromatic heterocycles. The normalized spacial score (nSPS) is 16.9. The smallest absolute Gasteiger partial charge is 0.00719 e. The van der Waals surface area contributed by atoms with Crippen LogP contribution in [0.25, 0.3) is 0 Å². The van der Waals surface area contributed by atoms with Crippen LogP contribution in [0.15, 0.2) is 35.2 Å². The molecule has 2 heteroatoms. The zero-order chi connectivity index (χ0) is 12.5. The first-order valence-corrected chi connectivity index (χ1v) is 8.15. The number of rotatable bonds is 7. The van der Waals surface area contributed by atoms with Crippen molar-refractivity contribution in [1.29, 1.82) is 0 Å². The topological polar surface area (TPSA) is 3.24 Å². The Kier molecular flexibility index (Phi) is 6.67. The summed E-state index contributed by atoms with van der Waals surface area (Å²) in [6, 6.07) is 10.7. The molecule has 0 saturated carbocycles. The first-order valence-electron chi connectivity index (χ1n) is 7.17. The zero-order valence-corrected chi connectivity index (χ0v) is 12.0. The highest BCUT2D eigenvalue weighted by atomic mass is 32.2. The number of piperidine rings is 1. The Morgan fingerprint density at radius 1 is 0.944 bits per heavy atom. The van der Waals surface area contributed by atoms with Crippen LogP contribution in [-0.2, 0) is 0 Å². The molecule has 1 saturated heterocycles. The molecule has 0 atom stereocenters. The van der Waals surface area contributed by atoms with Gasteiger partial charge in [-0.25, -0.2) is 0 Å². The second kappa shape index (κ2) is 8.60. The number of hydrogen-bond acceptors (Lipinski definition) is 2. The largest absolute Gasteiger partial charge is 0.303 e. The molecule has 2 rings (SSSR count). The number of thioether (sulfide) groups is 1. The Bertz CT molecular complexity index is 306. The van der Waals surface area contributed by atoms with Crippen LogP contribution in [0.4, 0.5) is 0 Å². The third kappa shape index (κ3) is 5.45. The van der Waals surface area contributed by atoms with Gasteiger partial charge in [-0.15, -0.1) is 11.8 Å². The molecule has 0 N–H and O–H groups in total. The molecular weight excluding hydrogens is 238 g/mol. The number of unbranched alkanes of at least 4 members (excludes halogenated alkanes) is 2. The van der Waals surface area contributed by atoms with Crippen LogP contribution < -0.4 is 0 Å². The standard InChI is InChI=1S/C16H24NS/c1-4-10-16(11-5-1)18-15-9-3-8-14-17-12-6-2-7-13-17/h1-2,4-5,10-11H,3,6-9,12-15H2. The molecule has 1 aliphatic rings. The van der Waals surface area contributed by atoms with Gasteiger partial charge >= 0.3 is 0 Å². The summed E-state index contributed by atoms with van der Waals surface area (Å²) in [5.74, 6) is 1.26. The average molecular weight is 262 g/mol. The Hall–Kier alpha value is -0.470. The van der Waals surface area contributed by atoms with Gasteiger partial charge in [0.1, 0.15) is 0 Å². The molecule has 0 bridgehead atoms. The Morgan fingerprint density at radius 3 is 2.50 bits per heavy atom. The quantitative estimate of drug-likeness (QED) is 0.534. The molecule has 0 spiro atoms. The van der Waals surface area contributed by atoms with E-state index in [1.807, 2.05) is 11.8 Å².